The number of aryl methyl sites for hydroxylation is 1. The molecular weight excluding hydrogens is 332 g/mol. The summed E-state index contributed by atoms with van der Waals surface area (Å²) >= 11 is 0. The standard InChI is InChI=1S/C16H24N2O5S/c1-13-3-5-14(6-4-13)23-15-7-11-18(12-8-15)24(21,22)17(2)10-9-16(19)20/h3-6,15H,7-12H2,1-2H3,(H,19,20). The Balaban J connectivity index is 1.87. The second-order valence-electron chi connectivity index (χ2n) is 6.00. The largest absolute Gasteiger partial charge is 0.490 e. The first-order chi connectivity index (χ1) is 11.3. The molecule has 1 fully saturated rings. The van der Waals surface area contributed by atoms with Crippen LogP contribution in [0.1, 0.15) is 24.8 Å². The molecule has 1 aliphatic heterocycles. The smallest absolute Gasteiger partial charge is 0.304 e. The van der Waals surface area contributed by atoms with Crippen LogP contribution in [-0.4, -0.2) is 60.9 Å². The van der Waals surface area contributed by atoms with Crippen LogP contribution in [0.15, 0.2) is 24.3 Å². The first-order valence-electron chi connectivity index (χ1n) is 7.95. The summed E-state index contributed by atoms with van der Waals surface area (Å²) in [5.74, 6) is -0.220. The molecule has 1 saturated heterocycles. The predicted octanol–water partition coefficient (Wildman–Crippen LogP) is 1.49. The lowest BCUT2D eigenvalue weighted by molar-refractivity contribution is -0.137. The quantitative estimate of drug-likeness (QED) is 0.800. The van der Waals surface area contributed by atoms with E-state index < -0.39 is 16.2 Å². The van der Waals surface area contributed by atoms with Gasteiger partial charge in [-0.25, -0.2) is 0 Å². The Morgan fingerprint density at radius 1 is 1.29 bits per heavy atom. The summed E-state index contributed by atoms with van der Waals surface area (Å²) in [4.78, 5) is 10.6. The van der Waals surface area contributed by atoms with Gasteiger partial charge in [-0.3, -0.25) is 4.79 Å². The van der Waals surface area contributed by atoms with E-state index in [1.165, 1.54) is 11.4 Å². The molecule has 1 aromatic rings. The molecule has 8 heteroatoms. The van der Waals surface area contributed by atoms with Crippen LogP contribution in [0.4, 0.5) is 0 Å². The van der Waals surface area contributed by atoms with Crippen LogP contribution >= 0.6 is 0 Å². The maximum absolute atomic E-state index is 12.4. The van der Waals surface area contributed by atoms with Gasteiger partial charge in [0.25, 0.3) is 10.2 Å². The maximum atomic E-state index is 12.4. The summed E-state index contributed by atoms with van der Waals surface area (Å²) < 4.78 is 33.2. The zero-order valence-corrected chi connectivity index (χ0v) is 14.8. The van der Waals surface area contributed by atoms with Crippen LogP contribution in [0.3, 0.4) is 0 Å². The van der Waals surface area contributed by atoms with Crippen molar-refractivity contribution >= 4 is 16.2 Å². The number of carboxylic acid groups (broad SMARTS) is 1. The molecule has 0 aliphatic carbocycles. The van der Waals surface area contributed by atoms with Crippen molar-refractivity contribution in [1.82, 2.24) is 8.61 Å². The predicted molar refractivity (Wildman–Crippen MR) is 90.2 cm³/mol. The summed E-state index contributed by atoms with van der Waals surface area (Å²) in [5.41, 5.74) is 1.16. The highest BCUT2D eigenvalue weighted by atomic mass is 32.2. The van der Waals surface area contributed by atoms with Crippen LogP contribution < -0.4 is 4.74 Å². The van der Waals surface area contributed by atoms with E-state index in [0.717, 1.165) is 15.6 Å². The summed E-state index contributed by atoms with van der Waals surface area (Å²) in [6.45, 7) is 2.72. The van der Waals surface area contributed by atoms with Crippen molar-refractivity contribution in [3.8, 4) is 5.75 Å². The number of ether oxygens (including phenoxy) is 1. The zero-order chi connectivity index (χ0) is 17.7. The third-order valence-corrected chi connectivity index (χ3v) is 6.07. The van der Waals surface area contributed by atoms with Crippen LogP contribution in [0, 0.1) is 6.92 Å². The van der Waals surface area contributed by atoms with E-state index in [0.29, 0.717) is 25.9 Å². The molecule has 1 aromatic carbocycles. The number of hydrogen-bond acceptors (Lipinski definition) is 4. The molecule has 0 radical (unpaired) electrons. The minimum Gasteiger partial charge on any atom is -0.490 e. The second-order valence-corrected chi connectivity index (χ2v) is 8.04. The van der Waals surface area contributed by atoms with E-state index in [-0.39, 0.29) is 19.1 Å². The van der Waals surface area contributed by atoms with Gasteiger partial charge in [-0.1, -0.05) is 17.7 Å². The molecule has 1 aliphatic rings. The minimum atomic E-state index is -3.61. The summed E-state index contributed by atoms with van der Waals surface area (Å²) in [6, 6.07) is 7.79. The highest BCUT2D eigenvalue weighted by Gasteiger charge is 2.31. The van der Waals surface area contributed by atoms with Crippen LogP contribution in [0.2, 0.25) is 0 Å². The molecule has 0 atom stereocenters. The fourth-order valence-corrected chi connectivity index (χ4v) is 3.94. The average molecular weight is 356 g/mol. The first kappa shape index (κ1) is 18.7. The SMILES string of the molecule is Cc1ccc(OC2CCN(S(=O)(=O)N(C)CCC(=O)O)CC2)cc1. The van der Waals surface area contributed by atoms with E-state index in [9.17, 15) is 13.2 Å². The van der Waals surface area contributed by atoms with E-state index in [1.807, 2.05) is 31.2 Å². The molecule has 134 valence electrons. The lowest BCUT2D eigenvalue weighted by Crippen LogP contribution is -2.47. The molecule has 0 bridgehead atoms. The average Bonchev–Trinajstić information content (AvgIpc) is 2.55. The Kier molecular flexibility index (Phi) is 6.20. The minimum absolute atomic E-state index is 0.0107. The van der Waals surface area contributed by atoms with Crippen molar-refractivity contribution in [3.63, 3.8) is 0 Å². The van der Waals surface area contributed by atoms with Gasteiger partial charge < -0.3 is 9.84 Å². The molecular formula is C16H24N2O5S. The Hall–Kier alpha value is -1.64. The molecule has 7 nitrogen and oxygen atoms in total. The Morgan fingerprint density at radius 3 is 2.42 bits per heavy atom. The summed E-state index contributed by atoms with van der Waals surface area (Å²) in [6.07, 6.45) is 1.01. The van der Waals surface area contributed by atoms with Gasteiger partial charge in [-0.15, -0.1) is 0 Å². The third-order valence-electron chi connectivity index (χ3n) is 4.09. The molecule has 0 unspecified atom stereocenters. The van der Waals surface area contributed by atoms with Gasteiger partial charge in [0.1, 0.15) is 11.9 Å². The van der Waals surface area contributed by atoms with Crippen molar-refractivity contribution in [2.75, 3.05) is 26.7 Å². The Labute approximate surface area is 143 Å². The number of piperidine rings is 1. The van der Waals surface area contributed by atoms with E-state index in [1.54, 1.807) is 0 Å². The Bertz CT molecular complexity index is 652. The fraction of sp³-hybridized carbons (Fsp3) is 0.562. The normalized spacial score (nSPS) is 17.1. The van der Waals surface area contributed by atoms with E-state index in [4.69, 9.17) is 9.84 Å². The molecule has 2 rings (SSSR count). The van der Waals surface area contributed by atoms with Gasteiger partial charge in [-0.05, 0) is 31.9 Å². The monoisotopic (exact) mass is 356 g/mol. The van der Waals surface area contributed by atoms with Gasteiger partial charge in [0.05, 0.1) is 6.42 Å². The molecule has 1 N–H and O–H groups in total. The number of aliphatic carboxylic acids is 1. The molecule has 1 heterocycles. The van der Waals surface area contributed by atoms with Crippen LogP contribution in [0.5, 0.6) is 5.75 Å². The van der Waals surface area contributed by atoms with Crippen molar-refractivity contribution in [1.29, 1.82) is 0 Å². The zero-order valence-electron chi connectivity index (χ0n) is 14.0. The highest BCUT2D eigenvalue weighted by Crippen LogP contribution is 2.21. The molecule has 0 aromatic heterocycles. The van der Waals surface area contributed by atoms with Crippen molar-refractivity contribution < 1.29 is 23.1 Å². The lowest BCUT2D eigenvalue weighted by Gasteiger charge is -2.33. The van der Waals surface area contributed by atoms with Crippen LogP contribution in [-0.2, 0) is 15.0 Å². The second kappa shape index (κ2) is 7.96. The molecule has 24 heavy (non-hydrogen) atoms. The fourth-order valence-electron chi connectivity index (χ4n) is 2.56. The van der Waals surface area contributed by atoms with Crippen molar-refractivity contribution in [3.05, 3.63) is 29.8 Å². The molecule has 0 spiro atoms. The first-order valence-corrected chi connectivity index (χ1v) is 9.35. The topological polar surface area (TPSA) is 87.2 Å². The van der Waals surface area contributed by atoms with Crippen LogP contribution in [0.25, 0.3) is 0 Å². The number of benzene rings is 1. The van der Waals surface area contributed by atoms with Gasteiger partial charge >= 0.3 is 5.97 Å². The number of hydrogen-bond donors (Lipinski definition) is 1. The van der Waals surface area contributed by atoms with Gasteiger partial charge in [0, 0.05) is 26.7 Å². The molecule has 0 amide bonds. The summed E-state index contributed by atoms with van der Waals surface area (Å²) in [7, 11) is -2.20. The highest BCUT2D eigenvalue weighted by molar-refractivity contribution is 7.86. The van der Waals surface area contributed by atoms with E-state index in [2.05, 4.69) is 0 Å². The number of nitrogens with zero attached hydrogens (tertiary/aromatic N) is 2. The van der Waals surface area contributed by atoms with Crippen molar-refractivity contribution in [2.45, 2.75) is 32.3 Å². The molecule has 0 saturated carbocycles. The lowest BCUT2D eigenvalue weighted by atomic mass is 10.1. The van der Waals surface area contributed by atoms with Gasteiger partial charge in [0.15, 0.2) is 0 Å². The summed E-state index contributed by atoms with van der Waals surface area (Å²) in [5, 5.41) is 8.68. The Morgan fingerprint density at radius 2 is 1.88 bits per heavy atom. The van der Waals surface area contributed by atoms with E-state index >= 15 is 0 Å². The number of carboxylic acids is 1. The maximum Gasteiger partial charge on any atom is 0.304 e. The number of rotatable bonds is 7. The third kappa shape index (κ3) is 4.93. The van der Waals surface area contributed by atoms with Gasteiger partial charge in [0.2, 0.25) is 0 Å². The number of carbonyl (C=O) groups is 1. The van der Waals surface area contributed by atoms with Gasteiger partial charge in [-0.2, -0.15) is 17.0 Å². The van der Waals surface area contributed by atoms with Crippen molar-refractivity contribution in [2.24, 2.45) is 0 Å².